The first-order chi connectivity index (χ1) is 6.80. The van der Waals surface area contributed by atoms with Crippen molar-refractivity contribution in [2.75, 3.05) is 12.3 Å². The molecule has 0 bridgehead atoms. The van der Waals surface area contributed by atoms with Gasteiger partial charge in [-0.15, -0.1) is 0 Å². The van der Waals surface area contributed by atoms with Crippen LogP contribution in [0.15, 0.2) is 0 Å². The molecule has 0 spiro atoms. The van der Waals surface area contributed by atoms with E-state index in [0.29, 0.717) is 12.8 Å². The zero-order valence-corrected chi connectivity index (χ0v) is 9.80. The van der Waals surface area contributed by atoms with Gasteiger partial charge >= 0.3 is 5.97 Å². The van der Waals surface area contributed by atoms with E-state index >= 15 is 0 Å². The maximum absolute atomic E-state index is 11.4. The maximum Gasteiger partial charge on any atom is 0.323 e. The smallest absolute Gasteiger partial charge is 0.323 e. The van der Waals surface area contributed by atoms with Gasteiger partial charge in [0, 0.05) is 6.54 Å². The van der Waals surface area contributed by atoms with Gasteiger partial charge in [0.05, 0.1) is 11.0 Å². The quantitative estimate of drug-likeness (QED) is 0.678. The lowest BCUT2D eigenvalue weighted by atomic mass is 10.3. The molecule has 0 heterocycles. The molecule has 1 aliphatic carbocycles. The number of hydrogen-bond donors (Lipinski definition) is 2. The first-order valence-corrected chi connectivity index (χ1v) is 6.72. The van der Waals surface area contributed by atoms with E-state index < -0.39 is 26.6 Å². The Labute approximate surface area is 89.8 Å². The fraction of sp³-hybridized carbons (Fsp3) is 0.889. The SMILES string of the molecule is CC(C)S(=O)(=O)CCNC1(C(=O)O)CC1. The number of carboxylic acids is 1. The third-order valence-electron chi connectivity index (χ3n) is 2.73. The fourth-order valence-corrected chi connectivity index (χ4v) is 2.12. The van der Waals surface area contributed by atoms with Crippen LogP contribution in [-0.2, 0) is 14.6 Å². The summed E-state index contributed by atoms with van der Waals surface area (Å²) in [7, 11) is -3.07. The summed E-state index contributed by atoms with van der Waals surface area (Å²) in [5.41, 5.74) is -0.841. The van der Waals surface area contributed by atoms with Crippen LogP contribution in [0.2, 0.25) is 0 Å². The summed E-state index contributed by atoms with van der Waals surface area (Å²) in [4.78, 5) is 10.8. The van der Waals surface area contributed by atoms with E-state index in [1.807, 2.05) is 0 Å². The Morgan fingerprint density at radius 1 is 1.47 bits per heavy atom. The normalized spacial score (nSPS) is 19.1. The number of rotatable bonds is 6. The van der Waals surface area contributed by atoms with Gasteiger partial charge in [0.15, 0.2) is 9.84 Å². The molecule has 1 fully saturated rings. The molecular formula is C9H17NO4S. The Kier molecular flexibility index (Phi) is 3.40. The molecule has 5 nitrogen and oxygen atoms in total. The van der Waals surface area contributed by atoms with E-state index in [1.54, 1.807) is 13.8 Å². The van der Waals surface area contributed by atoms with Gasteiger partial charge in [-0.2, -0.15) is 0 Å². The van der Waals surface area contributed by atoms with Crippen LogP contribution in [0.3, 0.4) is 0 Å². The second-order valence-electron chi connectivity index (χ2n) is 4.23. The standard InChI is InChI=1S/C9H17NO4S/c1-7(2)15(13,14)6-5-10-9(3-4-9)8(11)12/h7,10H,3-6H2,1-2H3,(H,11,12). The number of sulfone groups is 1. The molecule has 1 aliphatic rings. The molecule has 88 valence electrons. The van der Waals surface area contributed by atoms with E-state index in [1.165, 1.54) is 0 Å². The summed E-state index contributed by atoms with van der Waals surface area (Å²) in [6.45, 7) is 3.46. The number of carboxylic acid groups (broad SMARTS) is 1. The Hall–Kier alpha value is -0.620. The summed E-state index contributed by atoms with van der Waals surface area (Å²) in [6, 6.07) is 0. The number of nitrogens with one attached hydrogen (secondary N) is 1. The van der Waals surface area contributed by atoms with Crippen molar-refractivity contribution in [3.63, 3.8) is 0 Å². The van der Waals surface area contributed by atoms with Crippen molar-refractivity contribution in [1.82, 2.24) is 5.32 Å². The van der Waals surface area contributed by atoms with Gasteiger partial charge in [0.25, 0.3) is 0 Å². The second kappa shape index (κ2) is 4.09. The minimum absolute atomic E-state index is 0.000301. The van der Waals surface area contributed by atoms with Crippen LogP contribution < -0.4 is 5.32 Å². The van der Waals surface area contributed by atoms with E-state index in [9.17, 15) is 13.2 Å². The molecule has 15 heavy (non-hydrogen) atoms. The lowest BCUT2D eigenvalue weighted by Crippen LogP contribution is -2.42. The van der Waals surface area contributed by atoms with E-state index in [-0.39, 0.29) is 12.3 Å². The molecule has 1 rings (SSSR count). The molecule has 2 N–H and O–H groups in total. The molecule has 0 aromatic heterocycles. The monoisotopic (exact) mass is 235 g/mol. The molecule has 0 aliphatic heterocycles. The zero-order chi connectivity index (χ0) is 11.7. The first-order valence-electron chi connectivity index (χ1n) is 5.00. The van der Waals surface area contributed by atoms with E-state index in [0.717, 1.165) is 0 Å². The van der Waals surface area contributed by atoms with Crippen molar-refractivity contribution in [3.05, 3.63) is 0 Å². The van der Waals surface area contributed by atoms with Crippen LogP contribution in [0.4, 0.5) is 0 Å². The predicted octanol–water partition coefficient (Wildman–Crippen LogP) is 0.0164. The Balaban J connectivity index is 2.38. The predicted molar refractivity (Wildman–Crippen MR) is 56.5 cm³/mol. The van der Waals surface area contributed by atoms with Gasteiger partial charge in [0.1, 0.15) is 5.54 Å². The van der Waals surface area contributed by atoms with Crippen molar-refractivity contribution in [3.8, 4) is 0 Å². The number of aliphatic carboxylic acids is 1. The molecule has 0 aromatic carbocycles. The van der Waals surface area contributed by atoms with Crippen molar-refractivity contribution >= 4 is 15.8 Å². The molecule has 0 radical (unpaired) electrons. The molecular weight excluding hydrogens is 218 g/mol. The molecule has 0 unspecified atom stereocenters. The van der Waals surface area contributed by atoms with Crippen LogP contribution in [0.25, 0.3) is 0 Å². The molecule has 1 saturated carbocycles. The van der Waals surface area contributed by atoms with Gasteiger partial charge in [0.2, 0.25) is 0 Å². The van der Waals surface area contributed by atoms with Crippen molar-refractivity contribution < 1.29 is 18.3 Å². The van der Waals surface area contributed by atoms with Gasteiger partial charge < -0.3 is 10.4 Å². The van der Waals surface area contributed by atoms with Crippen LogP contribution in [-0.4, -0.2) is 42.6 Å². The van der Waals surface area contributed by atoms with Crippen molar-refractivity contribution in [1.29, 1.82) is 0 Å². The van der Waals surface area contributed by atoms with Crippen LogP contribution in [0.5, 0.6) is 0 Å². The van der Waals surface area contributed by atoms with Crippen molar-refractivity contribution in [2.24, 2.45) is 0 Å². The second-order valence-corrected chi connectivity index (χ2v) is 6.91. The van der Waals surface area contributed by atoms with Gasteiger partial charge in [-0.3, -0.25) is 4.79 Å². The van der Waals surface area contributed by atoms with E-state index in [4.69, 9.17) is 5.11 Å². The number of hydrogen-bond acceptors (Lipinski definition) is 4. The van der Waals surface area contributed by atoms with Crippen LogP contribution >= 0.6 is 0 Å². The average Bonchev–Trinajstić information content (AvgIpc) is 2.84. The summed E-state index contributed by atoms with van der Waals surface area (Å²) in [5, 5.41) is 11.2. The van der Waals surface area contributed by atoms with Crippen molar-refractivity contribution in [2.45, 2.75) is 37.5 Å². The van der Waals surface area contributed by atoms with Gasteiger partial charge in [-0.05, 0) is 26.7 Å². The lowest BCUT2D eigenvalue weighted by molar-refractivity contribution is -0.140. The highest BCUT2D eigenvalue weighted by Gasteiger charge is 2.49. The highest BCUT2D eigenvalue weighted by atomic mass is 32.2. The molecule has 0 aromatic rings. The Morgan fingerprint density at radius 2 is 2.00 bits per heavy atom. The number of carbonyl (C=O) groups is 1. The Bertz CT molecular complexity index is 343. The third kappa shape index (κ3) is 2.92. The van der Waals surface area contributed by atoms with Gasteiger partial charge in [-0.25, -0.2) is 8.42 Å². The van der Waals surface area contributed by atoms with Crippen LogP contribution in [0, 0.1) is 0 Å². The van der Waals surface area contributed by atoms with E-state index in [2.05, 4.69) is 5.32 Å². The molecule has 6 heteroatoms. The van der Waals surface area contributed by atoms with Crippen LogP contribution in [0.1, 0.15) is 26.7 Å². The first kappa shape index (κ1) is 12.4. The van der Waals surface area contributed by atoms with Gasteiger partial charge in [-0.1, -0.05) is 0 Å². The molecule has 0 amide bonds. The summed E-state index contributed by atoms with van der Waals surface area (Å²) in [5.74, 6) is -0.885. The highest BCUT2D eigenvalue weighted by Crippen LogP contribution is 2.35. The summed E-state index contributed by atoms with van der Waals surface area (Å²) in [6.07, 6.45) is 1.17. The molecule has 0 atom stereocenters. The fourth-order valence-electron chi connectivity index (χ4n) is 1.26. The summed E-state index contributed by atoms with van der Waals surface area (Å²) >= 11 is 0. The highest BCUT2D eigenvalue weighted by molar-refractivity contribution is 7.92. The minimum Gasteiger partial charge on any atom is -0.480 e. The maximum atomic E-state index is 11.4. The molecule has 0 saturated heterocycles. The zero-order valence-electron chi connectivity index (χ0n) is 8.99. The average molecular weight is 235 g/mol. The lowest BCUT2D eigenvalue weighted by Gasteiger charge is -2.13. The minimum atomic E-state index is -3.07. The topological polar surface area (TPSA) is 83.5 Å². The Morgan fingerprint density at radius 3 is 2.33 bits per heavy atom. The summed E-state index contributed by atoms with van der Waals surface area (Å²) < 4.78 is 22.8. The largest absolute Gasteiger partial charge is 0.480 e. The third-order valence-corrected chi connectivity index (χ3v) is 4.94.